The first-order chi connectivity index (χ1) is 11.1. The van der Waals surface area contributed by atoms with Gasteiger partial charge in [0, 0.05) is 40.4 Å². The van der Waals surface area contributed by atoms with Gasteiger partial charge in [-0.3, -0.25) is 4.79 Å². The van der Waals surface area contributed by atoms with Crippen molar-refractivity contribution >= 4 is 39.8 Å². The minimum absolute atomic E-state index is 0.0539. The summed E-state index contributed by atoms with van der Waals surface area (Å²) in [5.74, 6) is -0.508. The summed E-state index contributed by atoms with van der Waals surface area (Å²) in [4.78, 5) is 12.5. The maximum Gasteiger partial charge on any atom is 0.278 e. The van der Waals surface area contributed by atoms with Crippen LogP contribution in [0.15, 0.2) is 59.9 Å². The number of benzene rings is 2. The quantitative estimate of drug-likeness (QED) is 0.438. The SMILES string of the molecule is Cn1cc(/C(=N/O)C(=O)Nc2cccc(Cl)c2)c2ccccc21. The summed E-state index contributed by atoms with van der Waals surface area (Å²) in [7, 11) is 1.87. The van der Waals surface area contributed by atoms with E-state index in [1.165, 1.54) is 0 Å². The molecule has 2 N–H and O–H groups in total. The van der Waals surface area contributed by atoms with Gasteiger partial charge in [0.1, 0.15) is 0 Å². The maximum atomic E-state index is 12.5. The summed E-state index contributed by atoms with van der Waals surface area (Å²) >= 11 is 5.91. The third-order valence-electron chi connectivity index (χ3n) is 3.55. The normalized spacial score (nSPS) is 11.7. The Kier molecular flexibility index (Phi) is 4.04. The van der Waals surface area contributed by atoms with Crippen molar-refractivity contribution in [3.8, 4) is 0 Å². The Hall–Kier alpha value is -2.79. The van der Waals surface area contributed by atoms with E-state index in [-0.39, 0.29) is 5.71 Å². The molecule has 0 atom stereocenters. The highest BCUT2D eigenvalue weighted by atomic mass is 35.5. The summed E-state index contributed by atoms with van der Waals surface area (Å²) in [6.07, 6.45) is 1.76. The molecule has 0 spiro atoms. The van der Waals surface area contributed by atoms with Crippen LogP contribution >= 0.6 is 11.6 Å². The molecule has 0 saturated heterocycles. The standard InChI is InChI=1S/C17H14ClN3O2/c1-21-10-14(13-7-2-3-8-15(13)21)16(20-23)17(22)19-12-6-4-5-11(18)9-12/h2-10,23H,1H3,(H,19,22)/b20-16-. The van der Waals surface area contributed by atoms with Crippen molar-refractivity contribution < 1.29 is 10.0 Å². The Labute approximate surface area is 137 Å². The summed E-state index contributed by atoms with van der Waals surface area (Å²) in [6, 6.07) is 14.4. The molecular formula is C17H14ClN3O2. The smallest absolute Gasteiger partial charge is 0.278 e. The van der Waals surface area contributed by atoms with Crippen LogP contribution in [0.2, 0.25) is 5.02 Å². The number of oxime groups is 1. The zero-order chi connectivity index (χ0) is 16.4. The Balaban J connectivity index is 1.97. The molecule has 0 saturated carbocycles. The number of carbonyl (C=O) groups is 1. The first-order valence-corrected chi connectivity index (χ1v) is 7.31. The first kappa shape index (κ1) is 15.1. The fourth-order valence-corrected chi connectivity index (χ4v) is 2.70. The van der Waals surface area contributed by atoms with E-state index >= 15 is 0 Å². The summed E-state index contributed by atoms with van der Waals surface area (Å²) in [6.45, 7) is 0. The van der Waals surface area contributed by atoms with Crippen molar-refractivity contribution in [1.82, 2.24) is 4.57 Å². The van der Waals surface area contributed by atoms with E-state index in [4.69, 9.17) is 11.6 Å². The van der Waals surface area contributed by atoms with Gasteiger partial charge in [0.15, 0.2) is 5.71 Å². The largest absolute Gasteiger partial charge is 0.410 e. The van der Waals surface area contributed by atoms with Gasteiger partial charge in [-0.05, 0) is 24.3 Å². The molecule has 0 bridgehead atoms. The number of hydrogen-bond acceptors (Lipinski definition) is 3. The lowest BCUT2D eigenvalue weighted by Gasteiger charge is -2.06. The van der Waals surface area contributed by atoms with Gasteiger partial charge in [-0.2, -0.15) is 0 Å². The zero-order valence-corrected chi connectivity index (χ0v) is 13.1. The number of fused-ring (bicyclic) bond motifs is 1. The molecule has 3 rings (SSSR count). The molecule has 1 heterocycles. The molecule has 0 aliphatic heterocycles. The van der Waals surface area contributed by atoms with Crippen molar-refractivity contribution in [2.24, 2.45) is 12.2 Å². The van der Waals surface area contributed by atoms with Crippen LogP contribution < -0.4 is 5.32 Å². The number of para-hydroxylation sites is 1. The lowest BCUT2D eigenvalue weighted by Crippen LogP contribution is -2.23. The van der Waals surface area contributed by atoms with E-state index < -0.39 is 5.91 Å². The Morgan fingerprint density at radius 3 is 2.74 bits per heavy atom. The average molecular weight is 328 g/mol. The molecule has 1 amide bonds. The van der Waals surface area contributed by atoms with Crippen molar-refractivity contribution in [3.05, 3.63) is 65.3 Å². The molecule has 0 unspecified atom stereocenters. The highest BCUT2D eigenvalue weighted by molar-refractivity contribution is 6.50. The molecule has 0 fully saturated rings. The van der Waals surface area contributed by atoms with Gasteiger partial charge in [-0.15, -0.1) is 0 Å². The molecule has 3 aromatic rings. The average Bonchev–Trinajstić information content (AvgIpc) is 2.86. The maximum absolute atomic E-state index is 12.5. The Morgan fingerprint density at radius 2 is 2.00 bits per heavy atom. The highest BCUT2D eigenvalue weighted by Crippen LogP contribution is 2.22. The first-order valence-electron chi connectivity index (χ1n) is 6.93. The minimum atomic E-state index is -0.508. The zero-order valence-electron chi connectivity index (χ0n) is 12.3. The summed E-state index contributed by atoms with van der Waals surface area (Å²) in [5, 5.41) is 16.6. The topological polar surface area (TPSA) is 66.6 Å². The van der Waals surface area contributed by atoms with Crippen molar-refractivity contribution in [2.75, 3.05) is 5.32 Å². The number of aromatic nitrogens is 1. The van der Waals surface area contributed by atoms with E-state index in [2.05, 4.69) is 10.5 Å². The van der Waals surface area contributed by atoms with Gasteiger partial charge in [0.05, 0.1) is 0 Å². The van der Waals surface area contributed by atoms with E-state index in [9.17, 15) is 10.0 Å². The van der Waals surface area contributed by atoms with Crippen molar-refractivity contribution in [3.63, 3.8) is 0 Å². The van der Waals surface area contributed by atoms with Crippen LogP contribution in [0.25, 0.3) is 10.9 Å². The second kappa shape index (κ2) is 6.14. The molecule has 0 aliphatic rings. The fraction of sp³-hybridized carbons (Fsp3) is 0.0588. The molecule has 0 aliphatic carbocycles. The van der Waals surface area contributed by atoms with Gasteiger partial charge in [-0.1, -0.05) is 41.0 Å². The number of rotatable bonds is 3. The Bertz CT molecular complexity index is 915. The summed E-state index contributed by atoms with van der Waals surface area (Å²) in [5.41, 5.74) is 1.98. The number of halogens is 1. The molecule has 116 valence electrons. The number of aryl methyl sites for hydroxylation is 1. The second-order valence-electron chi connectivity index (χ2n) is 5.08. The second-order valence-corrected chi connectivity index (χ2v) is 5.52. The van der Waals surface area contributed by atoms with Crippen molar-refractivity contribution in [2.45, 2.75) is 0 Å². The molecule has 23 heavy (non-hydrogen) atoms. The van der Waals surface area contributed by atoms with Crippen molar-refractivity contribution in [1.29, 1.82) is 0 Å². The van der Waals surface area contributed by atoms with Gasteiger partial charge in [0.25, 0.3) is 5.91 Å². The lowest BCUT2D eigenvalue weighted by atomic mass is 10.1. The monoisotopic (exact) mass is 327 g/mol. The fourth-order valence-electron chi connectivity index (χ4n) is 2.51. The third-order valence-corrected chi connectivity index (χ3v) is 3.78. The van der Waals surface area contributed by atoms with Crippen LogP contribution in [0.1, 0.15) is 5.56 Å². The van der Waals surface area contributed by atoms with Crippen LogP contribution in [0, 0.1) is 0 Å². The van der Waals surface area contributed by atoms with E-state index in [0.717, 1.165) is 10.9 Å². The number of nitrogens with zero attached hydrogens (tertiary/aromatic N) is 2. The number of amides is 1. The highest BCUT2D eigenvalue weighted by Gasteiger charge is 2.20. The molecule has 1 aromatic heterocycles. The van der Waals surface area contributed by atoms with E-state index in [1.807, 2.05) is 35.9 Å². The predicted molar refractivity (Wildman–Crippen MR) is 91.3 cm³/mol. The summed E-state index contributed by atoms with van der Waals surface area (Å²) < 4.78 is 1.88. The van der Waals surface area contributed by atoms with Crippen LogP contribution in [0.5, 0.6) is 0 Å². The molecule has 6 heteroatoms. The van der Waals surface area contributed by atoms with Crippen LogP contribution in [-0.2, 0) is 11.8 Å². The van der Waals surface area contributed by atoms with E-state index in [0.29, 0.717) is 16.3 Å². The number of anilines is 1. The van der Waals surface area contributed by atoms with Gasteiger partial charge in [-0.25, -0.2) is 0 Å². The minimum Gasteiger partial charge on any atom is -0.410 e. The number of carbonyl (C=O) groups excluding carboxylic acids is 1. The van der Waals surface area contributed by atoms with Gasteiger partial charge >= 0.3 is 0 Å². The third kappa shape index (κ3) is 2.91. The molecule has 0 radical (unpaired) electrons. The Morgan fingerprint density at radius 1 is 1.22 bits per heavy atom. The van der Waals surface area contributed by atoms with E-state index in [1.54, 1.807) is 30.5 Å². The van der Waals surface area contributed by atoms with Gasteiger partial charge in [0.2, 0.25) is 0 Å². The van der Waals surface area contributed by atoms with Crippen LogP contribution in [-0.4, -0.2) is 21.4 Å². The van der Waals surface area contributed by atoms with Gasteiger partial charge < -0.3 is 15.1 Å². The number of nitrogens with one attached hydrogen (secondary N) is 1. The van der Waals surface area contributed by atoms with Crippen LogP contribution in [0.3, 0.4) is 0 Å². The predicted octanol–water partition coefficient (Wildman–Crippen LogP) is 3.65. The molecular weight excluding hydrogens is 314 g/mol. The lowest BCUT2D eigenvalue weighted by molar-refractivity contribution is -0.110. The molecule has 2 aromatic carbocycles. The molecule has 5 nitrogen and oxygen atoms in total. The van der Waals surface area contributed by atoms with Crippen LogP contribution in [0.4, 0.5) is 5.69 Å². The number of hydrogen-bond donors (Lipinski definition) is 2.